The molecule has 1 atom stereocenters. The number of aromatic nitrogens is 2. The quantitative estimate of drug-likeness (QED) is 0.812. The zero-order valence-corrected chi connectivity index (χ0v) is 10.6. The van der Waals surface area contributed by atoms with Crippen molar-refractivity contribution in [2.75, 3.05) is 11.4 Å². The summed E-state index contributed by atoms with van der Waals surface area (Å²) in [4.78, 5) is 13.6. The van der Waals surface area contributed by atoms with Crippen LogP contribution in [0.15, 0.2) is 36.5 Å². The fourth-order valence-corrected chi connectivity index (χ4v) is 2.54. The Morgan fingerprint density at radius 2 is 2.11 bits per heavy atom. The molecule has 5 heteroatoms. The lowest BCUT2D eigenvalue weighted by Gasteiger charge is -2.15. The number of carbonyl (C=O) groups excluding carboxylic acids is 1. The smallest absolute Gasteiger partial charge is 0.229 e. The standard InChI is InChI=1S/C13H13N3OS/c17-12-6-10(18)8-16(12)13-11(7-14-15-13)9-4-2-1-3-5-9/h1-5,7,10,18H,6,8H2,(H,14,15). The summed E-state index contributed by atoms with van der Waals surface area (Å²) < 4.78 is 0. The molecule has 3 rings (SSSR count). The summed E-state index contributed by atoms with van der Waals surface area (Å²) in [6.45, 7) is 0.629. The number of rotatable bonds is 2. The van der Waals surface area contributed by atoms with E-state index in [2.05, 4.69) is 22.8 Å². The summed E-state index contributed by atoms with van der Waals surface area (Å²) in [6.07, 6.45) is 2.24. The Balaban J connectivity index is 2.00. The van der Waals surface area contributed by atoms with Gasteiger partial charge in [-0.3, -0.25) is 14.8 Å². The van der Waals surface area contributed by atoms with Crippen LogP contribution in [0, 0.1) is 0 Å². The third-order valence-corrected chi connectivity index (χ3v) is 3.42. The van der Waals surface area contributed by atoms with E-state index in [-0.39, 0.29) is 11.2 Å². The van der Waals surface area contributed by atoms with E-state index in [1.54, 1.807) is 11.1 Å². The average Bonchev–Trinajstić information content (AvgIpc) is 2.96. The van der Waals surface area contributed by atoms with E-state index >= 15 is 0 Å². The van der Waals surface area contributed by atoms with Gasteiger partial charge >= 0.3 is 0 Å². The Labute approximate surface area is 110 Å². The lowest BCUT2D eigenvalue weighted by molar-refractivity contribution is -0.117. The summed E-state index contributed by atoms with van der Waals surface area (Å²) in [7, 11) is 0. The summed E-state index contributed by atoms with van der Waals surface area (Å²) in [5, 5.41) is 7.08. The van der Waals surface area contributed by atoms with Gasteiger partial charge in [0, 0.05) is 23.8 Å². The van der Waals surface area contributed by atoms with Crippen molar-refractivity contribution in [1.29, 1.82) is 0 Å². The highest BCUT2D eigenvalue weighted by atomic mass is 32.1. The number of benzene rings is 1. The van der Waals surface area contributed by atoms with Crippen LogP contribution in [0.2, 0.25) is 0 Å². The first-order valence-electron chi connectivity index (χ1n) is 5.83. The molecule has 0 spiro atoms. The van der Waals surface area contributed by atoms with E-state index in [0.29, 0.717) is 13.0 Å². The Bertz CT molecular complexity index is 567. The number of nitrogens with one attached hydrogen (secondary N) is 1. The molecule has 1 aliphatic heterocycles. The maximum atomic E-state index is 11.9. The Morgan fingerprint density at radius 3 is 2.78 bits per heavy atom. The minimum absolute atomic E-state index is 0.0939. The first-order chi connectivity index (χ1) is 8.75. The monoisotopic (exact) mass is 259 g/mol. The molecular weight excluding hydrogens is 246 g/mol. The van der Waals surface area contributed by atoms with E-state index in [0.717, 1.165) is 16.9 Å². The fraction of sp³-hybridized carbons (Fsp3) is 0.231. The van der Waals surface area contributed by atoms with Gasteiger partial charge in [0.25, 0.3) is 0 Å². The van der Waals surface area contributed by atoms with Crippen molar-refractivity contribution < 1.29 is 4.79 Å². The van der Waals surface area contributed by atoms with E-state index in [1.165, 1.54) is 0 Å². The number of carbonyl (C=O) groups is 1. The minimum Gasteiger partial charge on any atom is -0.296 e. The molecule has 1 fully saturated rings. The van der Waals surface area contributed by atoms with Gasteiger partial charge in [-0.25, -0.2) is 0 Å². The van der Waals surface area contributed by atoms with Crippen LogP contribution in [-0.4, -0.2) is 27.9 Å². The van der Waals surface area contributed by atoms with Crippen LogP contribution in [0.5, 0.6) is 0 Å². The van der Waals surface area contributed by atoms with Crippen molar-refractivity contribution in [3.63, 3.8) is 0 Å². The molecule has 1 aromatic heterocycles. The summed E-state index contributed by atoms with van der Waals surface area (Å²) in [5.74, 6) is 0.860. The van der Waals surface area contributed by atoms with Crippen LogP contribution in [0.1, 0.15) is 6.42 Å². The maximum Gasteiger partial charge on any atom is 0.229 e. The molecule has 2 aromatic rings. The zero-order chi connectivity index (χ0) is 12.5. The first kappa shape index (κ1) is 11.3. The van der Waals surface area contributed by atoms with Gasteiger partial charge in [0.05, 0.1) is 6.20 Å². The molecule has 1 aliphatic rings. The number of amides is 1. The fourth-order valence-electron chi connectivity index (χ4n) is 2.22. The second-order valence-electron chi connectivity index (χ2n) is 4.36. The van der Waals surface area contributed by atoms with Crippen molar-refractivity contribution >= 4 is 24.4 Å². The Morgan fingerprint density at radius 1 is 1.33 bits per heavy atom. The van der Waals surface area contributed by atoms with Crippen LogP contribution in [0.25, 0.3) is 11.1 Å². The number of hydrogen-bond donors (Lipinski definition) is 2. The average molecular weight is 259 g/mol. The highest BCUT2D eigenvalue weighted by Gasteiger charge is 2.30. The number of anilines is 1. The van der Waals surface area contributed by atoms with E-state index < -0.39 is 0 Å². The molecular formula is C13H13N3OS. The van der Waals surface area contributed by atoms with Crippen LogP contribution in [-0.2, 0) is 4.79 Å². The van der Waals surface area contributed by atoms with Crippen molar-refractivity contribution in [2.45, 2.75) is 11.7 Å². The maximum absolute atomic E-state index is 11.9. The molecule has 1 unspecified atom stereocenters. The van der Waals surface area contributed by atoms with Crippen molar-refractivity contribution in [3.05, 3.63) is 36.5 Å². The van der Waals surface area contributed by atoms with Gasteiger partial charge in [-0.15, -0.1) is 0 Å². The molecule has 92 valence electrons. The second kappa shape index (κ2) is 4.49. The van der Waals surface area contributed by atoms with Crippen LogP contribution >= 0.6 is 12.6 Å². The molecule has 18 heavy (non-hydrogen) atoms. The predicted octanol–water partition coefficient (Wildman–Crippen LogP) is 2.11. The molecule has 1 N–H and O–H groups in total. The van der Waals surface area contributed by atoms with Crippen molar-refractivity contribution in [2.24, 2.45) is 0 Å². The lowest BCUT2D eigenvalue weighted by Crippen LogP contribution is -2.25. The number of nitrogens with zero attached hydrogens (tertiary/aromatic N) is 2. The molecule has 1 saturated heterocycles. The number of aromatic amines is 1. The second-order valence-corrected chi connectivity index (χ2v) is 5.09. The van der Waals surface area contributed by atoms with E-state index in [1.807, 2.05) is 30.3 Å². The first-order valence-corrected chi connectivity index (χ1v) is 6.34. The normalized spacial score (nSPS) is 19.5. The SMILES string of the molecule is O=C1CC(S)CN1c1[nH]ncc1-c1ccccc1. The van der Waals surface area contributed by atoms with Gasteiger partial charge in [-0.1, -0.05) is 30.3 Å². The van der Waals surface area contributed by atoms with Crippen molar-refractivity contribution in [3.8, 4) is 11.1 Å². The third-order valence-electron chi connectivity index (χ3n) is 3.08. The van der Waals surface area contributed by atoms with Gasteiger partial charge in [0.2, 0.25) is 5.91 Å². The zero-order valence-electron chi connectivity index (χ0n) is 9.71. The molecule has 2 heterocycles. The summed E-state index contributed by atoms with van der Waals surface area (Å²) in [5.41, 5.74) is 2.00. The molecule has 0 aliphatic carbocycles. The highest BCUT2D eigenvalue weighted by molar-refractivity contribution is 7.81. The molecule has 0 saturated carbocycles. The van der Waals surface area contributed by atoms with E-state index in [9.17, 15) is 4.79 Å². The van der Waals surface area contributed by atoms with E-state index in [4.69, 9.17) is 0 Å². The van der Waals surface area contributed by atoms with Crippen molar-refractivity contribution in [1.82, 2.24) is 10.2 Å². The molecule has 0 radical (unpaired) electrons. The number of thiol groups is 1. The van der Waals surface area contributed by atoms with Gasteiger partial charge < -0.3 is 0 Å². The summed E-state index contributed by atoms with van der Waals surface area (Å²) in [6, 6.07) is 9.92. The van der Waals surface area contributed by atoms with Gasteiger partial charge in [0.1, 0.15) is 5.82 Å². The lowest BCUT2D eigenvalue weighted by atomic mass is 10.1. The minimum atomic E-state index is 0.0939. The Kier molecular flexibility index (Phi) is 2.83. The van der Waals surface area contributed by atoms with Gasteiger partial charge in [-0.05, 0) is 5.56 Å². The summed E-state index contributed by atoms with van der Waals surface area (Å²) >= 11 is 4.37. The van der Waals surface area contributed by atoms with Crippen LogP contribution in [0.3, 0.4) is 0 Å². The Hall–Kier alpha value is -1.75. The molecule has 1 aromatic carbocycles. The molecule has 0 bridgehead atoms. The van der Waals surface area contributed by atoms with Gasteiger partial charge in [0.15, 0.2) is 0 Å². The topological polar surface area (TPSA) is 49.0 Å². The highest BCUT2D eigenvalue weighted by Crippen LogP contribution is 2.31. The van der Waals surface area contributed by atoms with Crippen LogP contribution < -0.4 is 4.90 Å². The van der Waals surface area contributed by atoms with Gasteiger partial charge in [-0.2, -0.15) is 17.7 Å². The molecule has 1 amide bonds. The molecule has 4 nitrogen and oxygen atoms in total. The third kappa shape index (κ3) is 1.90. The largest absolute Gasteiger partial charge is 0.296 e. The van der Waals surface area contributed by atoms with Crippen LogP contribution in [0.4, 0.5) is 5.82 Å². The number of hydrogen-bond acceptors (Lipinski definition) is 3. The number of H-pyrrole nitrogens is 1. The predicted molar refractivity (Wildman–Crippen MR) is 73.8 cm³/mol.